The van der Waals surface area contributed by atoms with Crippen LogP contribution in [0.1, 0.15) is 18.4 Å². The first kappa shape index (κ1) is 13.1. The molecule has 1 aliphatic rings. The highest BCUT2D eigenvalue weighted by Crippen LogP contribution is 2.11. The lowest BCUT2D eigenvalue weighted by Gasteiger charge is -2.11. The Morgan fingerprint density at radius 3 is 3.11 bits per heavy atom. The number of aryl methyl sites for hydroxylation is 1. The number of carbonyl (C=O) groups is 1. The molecule has 0 aliphatic carbocycles. The Kier molecular flexibility index (Phi) is 4.73. The van der Waals surface area contributed by atoms with Gasteiger partial charge in [0.2, 0.25) is 5.91 Å². The molecule has 0 bridgehead atoms. The van der Waals surface area contributed by atoms with Gasteiger partial charge in [0.25, 0.3) is 0 Å². The normalized spacial score (nSPS) is 18.8. The van der Waals surface area contributed by atoms with E-state index >= 15 is 0 Å². The van der Waals surface area contributed by atoms with Crippen LogP contribution in [0.15, 0.2) is 24.3 Å². The van der Waals surface area contributed by atoms with E-state index in [4.69, 9.17) is 4.74 Å². The minimum absolute atomic E-state index is 0.0152. The Balaban J connectivity index is 1.68. The number of benzene rings is 1. The van der Waals surface area contributed by atoms with E-state index in [-0.39, 0.29) is 12.0 Å². The highest BCUT2D eigenvalue weighted by Gasteiger charge is 2.14. The van der Waals surface area contributed by atoms with Crippen LogP contribution in [-0.4, -0.2) is 31.7 Å². The molecule has 18 heavy (non-hydrogen) atoms. The van der Waals surface area contributed by atoms with Crippen molar-refractivity contribution in [1.82, 2.24) is 5.32 Å². The number of anilines is 1. The van der Waals surface area contributed by atoms with Gasteiger partial charge in [-0.2, -0.15) is 0 Å². The first-order chi connectivity index (χ1) is 8.74. The van der Waals surface area contributed by atoms with Crippen molar-refractivity contribution in [1.29, 1.82) is 0 Å². The third-order valence-corrected chi connectivity index (χ3v) is 2.98. The molecule has 0 unspecified atom stereocenters. The summed E-state index contributed by atoms with van der Waals surface area (Å²) in [5.74, 6) is -0.0152. The molecule has 2 rings (SSSR count). The Morgan fingerprint density at radius 1 is 1.50 bits per heavy atom. The molecule has 4 nitrogen and oxygen atoms in total. The molecular weight excluding hydrogens is 228 g/mol. The minimum atomic E-state index is -0.0152. The van der Waals surface area contributed by atoms with E-state index in [2.05, 4.69) is 10.6 Å². The molecule has 1 aromatic carbocycles. The Morgan fingerprint density at radius 2 is 2.39 bits per heavy atom. The predicted octanol–water partition coefficient (Wildman–Crippen LogP) is 1.70. The van der Waals surface area contributed by atoms with Crippen molar-refractivity contribution in [2.45, 2.75) is 25.9 Å². The van der Waals surface area contributed by atoms with E-state index < -0.39 is 0 Å². The number of nitrogens with one attached hydrogen (secondary N) is 2. The van der Waals surface area contributed by atoms with Crippen molar-refractivity contribution in [2.24, 2.45) is 0 Å². The van der Waals surface area contributed by atoms with Crippen molar-refractivity contribution in [3.63, 3.8) is 0 Å². The number of hydrogen-bond acceptors (Lipinski definition) is 3. The molecule has 2 N–H and O–H groups in total. The summed E-state index contributed by atoms with van der Waals surface area (Å²) in [5, 5.41) is 5.99. The molecule has 98 valence electrons. The Bertz CT molecular complexity index is 401. The lowest BCUT2D eigenvalue weighted by Crippen LogP contribution is -2.33. The maximum absolute atomic E-state index is 11.7. The molecule has 1 saturated heterocycles. The van der Waals surface area contributed by atoms with Crippen molar-refractivity contribution in [2.75, 3.05) is 25.0 Å². The van der Waals surface area contributed by atoms with Crippen molar-refractivity contribution in [3.8, 4) is 0 Å². The van der Waals surface area contributed by atoms with Crippen molar-refractivity contribution in [3.05, 3.63) is 29.8 Å². The van der Waals surface area contributed by atoms with Gasteiger partial charge in [-0.15, -0.1) is 0 Å². The molecule has 0 saturated carbocycles. The minimum Gasteiger partial charge on any atom is -0.377 e. The van der Waals surface area contributed by atoms with E-state index in [1.54, 1.807) is 0 Å². The quantitative estimate of drug-likeness (QED) is 0.834. The molecule has 0 aromatic heterocycles. The fourth-order valence-corrected chi connectivity index (χ4v) is 2.08. The first-order valence-electron chi connectivity index (χ1n) is 6.43. The molecule has 1 aromatic rings. The Hall–Kier alpha value is -1.39. The summed E-state index contributed by atoms with van der Waals surface area (Å²) in [7, 11) is 0. The van der Waals surface area contributed by atoms with Crippen LogP contribution in [0.25, 0.3) is 0 Å². The monoisotopic (exact) mass is 248 g/mol. The maximum atomic E-state index is 11.7. The second-order valence-electron chi connectivity index (χ2n) is 4.68. The molecule has 1 aliphatic heterocycles. The molecule has 0 spiro atoms. The molecule has 4 heteroatoms. The van der Waals surface area contributed by atoms with Gasteiger partial charge in [-0.05, 0) is 37.5 Å². The summed E-state index contributed by atoms with van der Waals surface area (Å²) in [6.07, 6.45) is 2.49. The van der Waals surface area contributed by atoms with Gasteiger partial charge in [0, 0.05) is 18.8 Å². The third-order valence-electron chi connectivity index (χ3n) is 2.98. The first-order valence-corrected chi connectivity index (χ1v) is 6.43. The van der Waals surface area contributed by atoms with Crippen LogP contribution in [0.2, 0.25) is 0 Å². The van der Waals surface area contributed by atoms with E-state index in [0.717, 1.165) is 37.2 Å². The van der Waals surface area contributed by atoms with Crippen LogP contribution >= 0.6 is 0 Å². The maximum Gasteiger partial charge on any atom is 0.238 e. The summed E-state index contributed by atoms with van der Waals surface area (Å²) < 4.78 is 5.47. The molecular formula is C14H20N2O2. The molecule has 0 radical (unpaired) electrons. The molecule has 1 amide bonds. The van der Waals surface area contributed by atoms with E-state index in [1.165, 1.54) is 0 Å². The Labute approximate surface area is 108 Å². The van der Waals surface area contributed by atoms with Gasteiger partial charge in [0.15, 0.2) is 0 Å². The summed E-state index contributed by atoms with van der Waals surface area (Å²) in [5.41, 5.74) is 1.99. The molecule has 1 heterocycles. The second-order valence-corrected chi connectivity index (χ2v) is 4.68. The van der Waals surface area contributed by atoms with Crippen molar-refractivity contribution >= 4 is 11.6 Å². The van der Waals surface area contributed by atoms with E-state index in [9.17, 15) is 4.79 Å². The lowest BCUT2D eigenvalue weighted by molar-refractivity contribution is -0.115. The molecule has 1 atom stereocenters. The predicted molar refractivity (Wildman–Crippen MR) is 71.7 cm³/mol. The average molecular weight is 248 g/mol. The summed E-state index contributed by atoms with van der Waals surface area (Å²) >= 11 is 0. The number of carbonyl (C=O) groups excluding carboxylic acids is 1. The zero-order chi connectivity index (χ0) is 12.8. The van der Waals surface area contributed by atoms with Gasteiger partial charge in [0.05, 0.1) is 12.6 Å². The van der Waals surface area contributed by atoms with Crippen LogP contribution in [0.3, 0.4) is 0 Å². The third kappa shape index (κ3) is 4.13. The van der Waals surface area contributed by atoms with Gasteiger partial charge < -0.3 is 15.4 Å². The SMILES string of the molecule is Cc1cccc(NC(=O)CNC[C@@H]2CCCO2)c1. The fourth-order valence-electron chi connectivity index (χ4n) is 2.08. The largest absolute Gasteiger partial charge is 0.377 e. The summed E-state index contributed by atoms with van der Waals surface area (Å²) in [4.78, 5) is 11.7. The standard InChI is InChI=1S/C14H20N2O2/c1-11-4-2-5-12(8-11)16-14(17)10-15-9-13-6-3-7-18-13/h2,4-5,8,13,15H,3,6-7,9-10H2,1H3,(H,16,17)/t13-/m0/s1. The van der Waals surface area contributed by atoms with Gasteiger partial charge in [-0.3, -0.25) is 4.79 Å². The van der Waals surface area contributed by atoms with Crippen LogP contribution in [0.5, 0.6) is 0 Å². The smallest absolute Gasteiger partial charge is 0.238 e. The number of hydrogen-bond donors (Lipinski definition) is 2. The number of rotatable bonds is 5. The zero-order valence-electron chi connectivity index (χ0n) is 10.7. The summed E-state index contributed by atoms with van der Waals surface area (Å²) in [6, 6.07) is 7.79. The highest BCUT2D eigenvalue weighted by atomic mass is 16.5. The van der Waals surface area contributed by atoms with E-state index in [1.807, 2.05) is 31.2 Å². The van der Waals surface area contributed by atoms with Crippen LogP contribution in [-0.2, 0) is 9.53 Å². The highest BCUT2D eigenvalue weighted by molar-refractivity contribution is 5.92. The van der Waals surface area contributed by atoms with Gasteiger partial charge in [-0.1, -0.05) is 12.1 Å². The molecule has 1 fully saturated rings. The average Bonchev–Trinajstić information content (AvgIpc) is 2.82. The lowest BCUT2D eigenvalue weighted by atomic mass is 10.2. The van der Waals surface area contributed by atoms with Gasteiger partial charge in [0.1, 0.15) is 0 Å². The summed E-state index contributed by atoms with van der Waals surface area (Å²) in [6.45, 7) is 3.93. The van der Waals surface area contributed by atoms with Crippen LogP contribution in [0.4, 0.5) is 5.69 Å². The second kappa shape index (κ2) is 6.52. The van der Waals surface area contributed by atoms with Crippen LogP contribution < -0.4 is 10.6 Å². The van der Waals surface area contributed by atoms with Crippen LogP contribution in [0, 0.1) is 6.92 Å². The number of ether oxygens (including phenoxy) is 1. The fraction of sp³-hybridized carbons (Fsp3) is 0.500. The van der Waals surface area contributed by atoms with Gasteiger partial charge >= 0.3 is 0 Å². The van der Waals surface area contributed by atoms with Crippen molar-refractivity contribution < 1.29 is 9.53 Å². The zero-order valence-corrected chi connectivity index (χ0v) is 10.7. The number of amides is 1. The van der Waals surface area contributed by atoms with Gasteiger partial charge in [-0.25, -0.2) is 0 Å². The van der Waals surface area contributed by atoms with E-state index in [0.29, 0.717) is 6.54 Å². The topological polar surface area (TPSA) is 50.4 Å².